The Morgan fingerprint density at radius 1 is 1.17 bits per heavy atom. The predicted molar refractivity (Wildman–Crippen MR) is 91.3 cm³/mol. The van der Waals surface area contributed by atoms with Crippen molar-refractivity contribution in [3.05, 3.63) is 35.4 Å². The fourth-order valence-corrected chi connectivity index (χ4v) is 1.82. The monoisotopic (exact) mass is 318 g/mol. The lowest BCUT2D eigenvalue weighted by Gasteiger charge is -2.11. The summed E-state index contributed by atoms with van der Waals surface area (Å²) in [6, 6.07) is 9.58. The molecule has 0 aliphatic heterocycles. The van der Waals surface area contributed by atoms with Crippen molar-refractivity contribution in [2.24, 2.45) is 4.99 Å². The van der Waals surface area contributed by atoms with Crippen LogP contribution >= 0.6 is 0 Å². The number of ether oxygens (including phenoxy) is 2. The summed E-state index contributed by atoms with van der Waals surface area (Å²) in [4.78, 5) is 4.54. The average Bonchev–Trinajstić information content (AvgIpc) is 2.59. The first-order valence-corrected chi connectivity index (χ1v) is 7.88. The van der Waals surface area contributed by atoms with Crippen LogP contribution in [-0.4, -0.2) is 46.0 Å². The molecule has 0 saturated heterocycles. The van der Waals surface area contributed by atoms with Crippen molar-refractivity contribution in [3.8, 4) is 6.07 Å². The van der Waals surface area contributed by atoms with Gasteiger partial charge in [0.15, 0.2) is 5.96 Å². The molecule has 0 aliphatic carbocycles. The van der Waals surface area contributed by atoms with Crippen molar-refractivity contribution in [1.82, 2.24) is 10.6 Å². The van der Waals surface area contributed by atoms with Crippen molar-refractivity contribution in [3.63, 3.8) is 0 Å². The number of aliphatic imine (C=N–C) groups is 1. The van der Waals surface area contributed by atoms with Crippen molar-refractivity contribution in [2.75, 3.05) is 40.0 Å². The zero-order valence-corrected chi connectivity index (χ0v) is 14.0. The molecule has 0 fully saturated rings. The zero-order valence-electron chi connectivity index (χ0n) is 14.0. The van der Waals surface area contributed by atoms with Crippen molar-refractivity contribution in [2.45, 2.75) is 19.9 Å². The molecule has 126 valence electrons. The Hall–Kier alpha value is -2.10. The number of benzene rings is 1. The molecule has 0 atom stereocenters. The number of nitrogens with one attached hydrogen (secondary N) is 2. The molecule has 1 rings (SSSR count). The number of guanidine groups is 1. The minimum absolute atomic E-state index is 0.575. The van der Waals surface area contributed by atoms with Crippen LogP contribution in [0.2, 0.25) is 0 Å². The number of nitrogens with zero attached hydrogens (tertiary/aromatic N) is 2. The Kier molecular flexibility index (Phi) is 10.3. The Bertz CT molecular complexity index is 494. The summed E-state index contributed by atoms with van der Waals surface area (Å²) in [5, 5.41) is 15.3. The lowest BCUT2D eigenvalue weighted by atomic mass is 10.1. The summed E-state index contributed by atoms with van der Waals surface area (Å²) >= 11 is 0. The van der Waals surface area contributed by atoms with Gasteiger partial charge in [0.2, 0.25) is 0 Å². The van der Waals surface area contributed by atoms with Crippen LogP contribution in [0.4, 0.5) is 0 Å². The van der Waals surface area contributed by atoms with Gasteiger partial charge in [-0.15, -0.1) is 0 Å². The maximum absolute atomic E-state index is 8.79. The van der Waals surface area contributed by atoms with E-state index >= 15 is 0 Å². The molecule has 0 bridgehead atoms. The van der Waals surface area contributed by atoms with Gasteiger partial charge in [-0.1, -0.05) is 12.1 Å². The third-order valence-corrected chi connectivity index (χ3v) is 3.04. The zero-order chi connectivity index (χ0) is 16.8. The van der Waals surface area contributed by atoms with Crippen LogP contribution in [0.25, 0.3) is 0 Å². The minimum Gasteiger partial charge on any atom is -0.382 e. The highest BCUT2D eigenvalue weighted by Crippen LogP contribution is 2.04. The molecular weight excluding hydrogens is 292 g/mol. The van der Waals surface area contributed by atoms with Crippen LogP contribution < -0.4 is 10.6 Å². The van der Waals surface area contributed by atoms with Gasteiger partial charge in [-0.3, -0.25) is 0 Å². The van der Waals surface area contributed by atoms with E-state index in [1.165, 1.54) is 0 Å². The van der Waals surface area contributed by atoms with E-state index in [2.05, 4.69) is 21.7 Å². The third kappa shape index (κ3) is 8.81. The smallest absolute Gasteiger partial charge is 0.191 e. The summed E-state index contributed by atoms with van der Waals surface area (Å²) in [5.41, 5.74) is 1.74. The molecule has 0 unspecified atom stereocenters. The highest BCUT2D eigenvalue weighted by molar-refractivity contribution is 5.79. The summed E-state index contributed by atoms with van der Waals surface area (Å²) < 4.78 is 10.3. The topological polar surface area (TPSA) is 78.7 Å². The fraction of sp³-hybridized carbons (Fsp3) is 0.529. The molecule has 0 spiro atoms. The van der Waals surface area contributed by atoms with Crippen LogP contribution in [0, 0.1) is 11.3 Å². The summed E-state index contributed by atoms with van der Waals surface area (Å²) in [7, 11) is 1.66. The molecule has 6 heteroatoms. The molecule has 1 aromatic rings. The Labute approximate surface area is 138 Å². The van der Waals surface area contributed by atoms with E-state index in [0.29, 0.717) is 31.9 Å². The molecule has 0 radical (unpaired) electrons. The number of nitriles is 1. The standard InChI is InChI=1S/C17H26N4O2/c1-3-19-17(20-9-4-10-23-12-11-22-2)21-14-16-7-5-15(13-18)6-8-16/h5-8H,3-4,9-12,14H2,1-2H3,(H2,19,20,21). The molecule has 0 aromatic heterocycles. The van der Waals surface area contributed by atoms with E-state index in [-0.39, 0.29) is 0 Å². The Morgan fingerprint density at radius 2 is 1.96 bits per heavy atom. The SMILES string of the molecule is CCNC(=NCc1ccc(C#N)cc1)NCCCOCCOC. The molecule has 0 aliphatic rings. The highest BCUT2D eigenvalue weighted by atomic mass is 16.5. The Morgan fingerprint density at radius 3 is 2.61 bits per heavy atom. The Balaban J connectivity index is 2.33. The van der Waals surface area contributed by atoms with Gasteiger partial charge in [-0.25, -0.2) is 4.99 Å². The molecule has 0 amide bonds. The number of hydrogen-bond acceptors (Lipinski definition) is 4. The summed E-state index contributed by atoms with van der Waals surface area (Å²) in [6.07, 6.45) is 0.908. The maximum atomic E-state index is 8.79. The van der Waals surface area contributed by atoms with Crippen molar-refractivity contribution in [1.29, 1.82) is 5.26 Å². The summed E-state index contributed by atoms with van der Waals surface area (Å²) in [5.74, 6) is 0.786. The first kappa shape index (κ1) is 18.9. The van der Waals surface area contributed by atoms with E-state index in [1.807, 2.05) is 31.2 Å². The van der Waals surface area contributed by atoms with Gasteiger partial charge in [-0.05, 0) is 31.0 Å². The normalized spacial score (nSPS) is 11.1. The second-order valence-electron chi connectivity index (χ2n) is 4.89. The van der Waals surface area contributed by atoms with Gasteiger partial charge < -0.3 is 20.1 Å². The van der Waals surface area contributed by atoms with Crippen LogP contribution in [0.1, 0.15) is 24.5 Å². The largest absolute Gasteiger partial charge is 0.382 e. The molecule has 0 saturated carbocycles. The van der Waals surface area contributed by atoms with E-state index in [9.17, 15) is 0 Å². The fourth-order valence-electron chi connectivity index (χ4n) is 1.82. The van der Waals surface area contributed by atoms with E-state index in [4.69, 9.17) is 14.7 Å². The molecule has 1 aromatic carbocycles. The second-order valence-corrected chi connectivity index (χ2v) is 4.89. The highest BCUT2D eigenvalue weighted by Gasteiger charge is 1.98. The lowest BCUT2D eigenvalue weighted by molar-refractivity contribution is 0.0698. The molecular formula is C17H26N4O2. The van der Waals surface area contributed by atoms with Gasteiger partial charge in [0.25, 0.3) is 0 Å². The third-order valence-electron chi connectivity index (χ3n) is 3.04. The van der Waals surface area contributed by atoms with Crippen molar-refractivity contribution < 1.29 is 9.47 Å². The van der Waals surface area contributed by atoms with Gasteiger partial charge in [-0.2, -0.15) is 5.26 Å². The first-order chi connectivity index (χ1) is 11.3. The van der Waals surface area contributed by atoms with E-state index in [1.54, 1.807) is 7.11 Å². The van der Waals surface area contributed by atoms with Crippen LogP contribution in [-0.2, 0) is 16.0 Å². The number of methoxy groups -OCH3 is 1. The quantitative estimate of drug-likeness (QED) is 0.390. The van der Waals surface area contributed by atoms with Crippen LogP contribution in [0.15, 0.2) is 29.3 Å². The minimum atomic E-state index is 0.575. The molecule has 0 heterocycles. The maximum Gasteiger partial charge on any atom is 0.191 e. The van der Waals surface area contributed by atoms with Crippen LogP contribution in [0.5, 0.6) is 0 Å². The average molecular weight is 318 g/mol. The van der Waals surface area contributed by atoms with Gasteiger partial charge in [0.1, 0.15) is 0 Å². The van der Waals surface area contributed by atoms with E-state index < -0.39 is 0 Å². The summed E-state index contributed by atoms with van der Waals surface area (Å²) in [6.45, 7) is 6.17. The lowest BCUT2D eigenvalue weighted by Crippen LogP contribution is -2.38. The van der Waals surface area contributed by atoms with Crippen LogP contribution in [0.3, 0.4) is 0 Å². The number of rotatable bonds is 10. The van der Waals surface area contributed by atoms with E-state index in [0.717, 1.165) is 31.0 Å². The predicted octanol–water partition coefficient (Wildman–Crippen LogP) is 1.67. The second kappa shape index (κ2) is 12.4. The van der Waals surface area contributed by atoms with Gasteiger partial charge >= 0.3 is 0 Å². The molecule has 23 heavy (non-hydrogen) atoms. The molecule has 2 N–H and O–H groups in total. The first-order valence-electron chi connectivity index (χ1n) is 7.88. The number of hydrogen-bond donors (Lipinski definition) is 2. The van der Waals surface area contributed by atoms with Crippen molar-refractivity contribution >= 4 is 5.96 Å². The van der Waals surface area contributed by atoms with Gasteiger partial charge in [0, 0.05) is 26.8 Å². The molecule has 6 nitrogen and oxygen atoms in total. The van der Waals surface area contributed by atoms with Gasteiger partial charge in [0.05, 0.1) is 31.4 Å².